The molecule has 0 saturated carbocycles. The Kier molecular flexibility index (Phi) is 4.79. The van der Waals surface area contributed by atoms with Gasteiger partial charge in [0.15, 0.2) is 23.1 Å². The summed E-state index contributed by atoms with van der Waals surface area (Å²) in [5.41, 5.74) is 3.67. The fourth-order valence-corrected chi connectivity index (χ4v) is 5.75. The van der Waals surface area contributed by atoms with Crippen LogP contribution in [0.3, 0.4) is 0 Å². The molecule has 10 heteroatoms. The number of likely N-dealkylation sites (N-methyl/N-ethyl adjacent to an activating group) is 1. The first kappa shape index (κ1) is 21.3. The maximum absolute atomic E-state index is 14.2. The van der Waals surface area contributed by atoms with Crippen molar-refractivity contribution in [2.24, 2.45) is 0 Å². The van der Waals surface area contributed by atoms with Crippen molar-refractivity contribution in [3.05, 3.63) is 76.1 Å². The Morgan fingerprint density at radius 1 is 1.18 bits per heavy atom. The topological polar surface area (TPSA) is 65.8 Å². The molecule has 5 heterocycles. The van der Waals surface area contributed by atoms with Crippen molar-refractivity contribution in [2.45, 2.75) is 50.7 Å². The van der Waals surface area contributed by atoms with Crippen LogP contribution in [0.1, 0.15) is 53.3 Å². The predicted molar refractivity (Wildman–Crippen MR) is 117 cm³/mol. The van der Waals surface area contributed by atoms with Crippen molar-refractivity contribution < 1.29 is 18.0 Å². The van der Waals surface area contributed by atoms with Crippen molar-refractivity contribution in [3.63, 3.8) is 0 Å². The van der Waals surface area contributed by atoms with E-state index < -0.39 is 23.5 Å². The van der Waals surface area contributed by atoms with Gasteiger partial charge in [0.1, 0.15) is 0 Å². The second kappa shape index (κ2) is 7.64. The monoisotopic (exact) mass is 468 g/mol. The number of carbonyl (C=O) groups is 1. The third kappa shape index (κ3) is 3.01. The highest BCUT2D eigenvalue weighted by atomic mass is 19.2. The summed E-state index contributed by atoms with van der Waals surface area (Å²) in [4.78, 5) is 18.3. The highest BCUT2D eigenvalue weighted by Crippen LogP contribution is 2.47. The lowest BCUT2D eigenvalue weighted by Crippen LogP contribution is -2.51. The average molecular weight is 468 g/mol. The van der Waals surface area contributed by atoms with E-state index in [0.29, 0.717) is 23.3 Å². The molecule has 34 heavy (non-hydrogen) atoms. The number of aromatic nitrogens is 3. The van der Waals surface area contributed by atoms with Gasteiger partial charge in [-0.05, 0) is 55.9 Å². The molecule has 3 aliphatic heterocycles. The zero-order chi connectivity index (χ0) is 23.7. The highest BCUT2D eigenvalue weighted by molar-refractivity contribution is 5.96. The van der Waals surface area contributed by atoms with E-state index in [2.05, 4.69) is 15.4 Å². The predicted octanol–water partition coefficient (Wildman–Crippen LogP) is 3.67. The Hall–Kier alpha value is -3.24. The number of hydrogen-bond acceptors (Lipinski definition) is 5. The van der Waals surface area contributed by atoms with Crippen molar-refractivity contribution in [1.29, 1.82) is 0 Å². The van der Waals surface area contributed by atoms with Crippen LogP contribution in [0.5, 0.6) is 0 Å². The molecular formula is C24H23F3N6O. The molecule has 3 aromatic rings. The lowest BCUT2D eigenvalue weighted by atomic mass is 9.81. The van der Waals surface area contributed by atoms with Crippen LogP contribution in [0.2, 0.25) is 0 Å². The summed E-state index contributed by atoms with van der Waals surface area (Å²) in [5, 5.41) is 11.2. The van der Waals surface area contributed by atoms with Gasteiger partial charge in [0.05, 0.1) is 29.2 Å². The number of benzene rings is 1. The summed E-state index contributed by atoms with van der Waals surface area (Å²) >= 11 is 0. The maximum atomic E-state index is 14.2. The molecule has 7 nitrogen and oxygen atoms in total. The lowest BCUT2D eigenvalue weighted by Gasteiger charge is -2.39. The SMILES string of the molecule is Cc1c(C(=O)N2C3=C(C[C@H]4CCC[C@@H]3N4)C(c3cc(F)c(F)c(F)c3)N2C)cnc2ccnn12. The number of aryl methyl sites for hydroxylation is 1. The lowest BCUT2D eigenvalue weighted by molar-refractivity contribution is 0.0207. The Morgan fingerprint density at radius 2 is 1.94 bits per heavy atom. The molecule has 176 valence electrons. The molecule has 6 rings (SSSR count). The van der Waals surface area contributed by atoms with Gasteiger partial charge in [0, 0.05) is 31.4 Å². The minimum atomic E-state index is -1.50. The van der Waals surface area contributed by atoms with E-state index in [9.17, 15) is 18.0 Å². The van der Waals surface area contributed by atoms with E-state index in [0.717, 1.165) is 42.7 Å². The summed E-state index contributed by atoms with van der Waals surface area (Å²) in [7, 11) is 1.72. The van der Waals surface area contributed by atoms with Crippen LogP contribution in [0, 0.1) is 24.4 Å². The zero-order valence-corrected chi connectivity index (χ0v) is 18.7. The third-order valence-corrected chi connectivity index (χ3v) is 7.26. The van der Waals surface area contributed by atoms with E-state index >= 15 is 0 Å². The largest absolute Gasteiger partial charge is 0.306 e. The van der Waals surface area contributed by atoms with Gasteiger partial charge in [-0.15, -0.1) is 0 Å². The molecular weight excluding hydrogens is 445 g/mol. The Balaban J connectivity index is 1.50. The first-order valence-electron chi connectivity index (χ1n) is 11.3. The van der Waals surface area contributed by atoms with Gasteiger partial charge in [-0.1, -0.05) is 0 Å². The summed E-state index contributed by atoms with van der Waals surface area (Å²) in [5.74, 6) is -4.28. The second-order valence-electron chi connectivity index (χ2n) is 9.21. The van der Waals surface area contributed by atoms with Crippen molar-refractivity contribution in [1.82, 2.24) is 29.9 Å². The summed E-state index contributed by atoms with van der Waals surface area (Å²) in [6.45, 7) is 1.80. The number of halogens is 3. The normalized spacial score (nSPS) is 24.7. The van der Waals surface area contributed by atoms with Gasteiger partial charge < -0.3 is 5.32 Å². The molecule has 0 aliphatic carbocycles. The van der Waals surface area contributed by atoms with Crippen molar-refractivity contribution in [2.75, 3.05) is 7.05 Å². The van der Waals surface area contributed by atoms with Crippen LogP contribution in [-0.4, -0.2) is 49.7 Å². The van der Waals surface area contributed by atoms with E-state index in [1.807, 2.05) is 0 Å². The van der Waals surface area contributed by atoms with Crippen LogP contribution in [0.25, 0.3) is 5.65 Å². The molecule has 0 spiro atoms. The molecule has 1 aromatic carbocycles. The number of amides is 1. The highest BCUT2D eigenvalue weighted by Gasteiger charge is 2.48. The van der Waals surface area contributed by atoms with Crippen LogP contribution in [0.4, 0.5) is 13.2 Å². The Bertz CT molecular complexity index is 1340. The number of rotatable bonds is 2. The van der Waals surface area contributed by atoms with Gasteiger partial charge in [-0.2, -0.15) is 5.10 Å². The molecule has 3 aliphatic rings. The van der Waals surface area contributed by atoms with E-state index in [1.54, 1.807) is 40.8 Å². The molecule has 1 saturated heterocycles. The fraction of sp³-hybridized carbons (Fsp3) is 0.375. The number of nitrogens with zero attached hydrogens (tertiary/aromatic N) is 5. The molecule has 1 unspecified atom stereocenters. The number of hydrogen-bond donors (Lipinski definition) is 1. The minimum Gasteiger partial charge on any atom is -0.306 e. The standard InChI is InChI=1S/C24H23F3N6O/c1-12-16(11-28-20-6-7-29-32(12)20)24(34)33-23-15(10-14-4-3-5-19(23)30-14)22(31(33)2)13-8-17(25)21(27)18(26)9-13/h6-9,11,14,19,22,30H,3-5,10H2,1-2H3/t14-,19+,22?/m1/s1. The quantitative estimate of drug-likeness (QED) is 0.582. The number of hydrazine groups is 1. The van der Waals surface area contributed by atoms with Gasteiger partial charge in [-0.3, -0.25) is 4.79 Å². The first-order valence-corrected chi connectivity index (χ1v) is 11.3. The number of fused-ring (bicyclic) bond motifs is 4. The number of piperidine rings is 1. The van der Waals surface area contributed by atoms with Crippen molar-refractivity contribution in [3.8, 4) is 0 Å². The molecule has 1 fully saturated rings. The Morgan fingerprint density at radius 3 is 2.71 bits per heavy atom. The van der Waals surface area contributed by atoms with Crippen LogP contribution < -0.4 is 5.32 Å². The molecule has 2 aromatic heterocycles. The van der Waals surface area contributed by atoms with Crippen molar-refractivity contribution >= 4 is 11.6 Å². The van der Waals surface area contributed by atoms with Crippen LogP contribution in [-0.2, 0) is 0 Å². The molecule has 0 radical (unpaired) electrons. The van der Waals surface area contributed by atoms with Crippen LogP contribution >= 0.6 is 0 Å². The van der Waals surface area contributed by atoms with E-state index in [1.165, 1.54) is 6.20 Å². The Labute approximate surface area is 193 Å². The maximum Gasteiger partial charge on any atom is 0.276 e. The molecule has 3 atom stereocenters. The van der Waals surface area contributed by atoms with E-state index in [-0.39, 0.29) is 23.6 Å². The smallest absolute Gasteiger partial charge is 0.276 e. The third-order valence-electron chi connectivity index (χ3n) is 7.26. The van der Waals surface area contributed by atoms with Gasteiger partial charge in [-0.25, -0.2) is 32.7 Å². The molecule has 2 bridgehead atoms. The molecule has 1 amide bonds. The number of carbonyl (C=O) groups excluding carboxylic acids is 1. The van der Waals surface area contributed by atoms with Gasteiger partial charge >= 0.3 is 0 Å². The zero-order valence-electron chi connectivity index (χ0n) is 18.7. The van der Waals surface area contributed by atoms with Crippen LogP contribution in [0.15, 0.2) is 41.9 Å². The summed E-state index contributed by atoms with van der Waals surface area (Å²) in [6.07, 6.45) is 6.65. The first-order chi connectivity index (χ1) is 16.3. The fourth-order valence-electron chi connectivity index (χ4n) is 5.75. The minimum absolute atomic E-state index is 0.0595. The summed E-state index contributed by atoms with van der Waals surface area (Å²) in [6, 6.07) is 3.38. The van der Waals surface area contributed by atoms with Gasteiger partial charge in [0.2, 0.25) is 0 Å². The van der Waals surface area contributed by atoms with E-state index in [4.69, 9.17) is 0 Å². The molecule has 1 N–H and O–H groups in total. The number of nitrogens with one attached hydrogen (secondary N) is 1. The second-order valence-corrected chi connectivity index (χ2v) is 9.21. The van der Waals surface area contributed by atoms with Gasteiger partial charge in [0.25, 0.3) is 5.91 Å². The average Bonchev–Trinajstić information content (AvgIpc) is 3.40. The summed E-state index contributed by atoms with van der Waals surface area (Å²) < 4.78 is 43.7.